The van der Waals surface area contributed by atoms with Gasteiger partial charge >= 0.3 is 0 Å². The van der Waals surface area contributed by atoms with E-state index in [0.717, 1.165) is 6.61 Å². The van der Waals surface area contributed by atoms with Crippen LogP contribution < -0.4 is 0 Å². The summed E-state index contributed by atoms with van der Waals surface area (Å²) in [5, 5.41) is 0. The van der Waals surface area contributed by atoms with Gasteiger partial charge in [-0.2, -0.15) is 0 Å². The highest BCUT2D eigenvalue weighted by Gasteiger charge is 2.13. The van der Waals surface area contributed by atoms with Gasteiger partial charge in [-0.3, -0.25) is 0 Å². The smallest absolute Gasteiger partial charge is 0.0795 e. The topological polar surface area (TPSA) is 12.5 Å². The molecule has 1 heterocycles. The molecular weight excluding hydrogens is 95.1 g/mol. The molecule has 1 rings (SSSR count). The van der Waals surface area contributed by atoms with Crippen molar-refractivity contribution in [1.29, 1.82) is 0 Å². The Balaban J connectivity index is 0.000000110. The minimum Gasteiger partial charge on any atom is -0.373 e. The summed E-state index contributed by atoms with van der Waals surface area (Å²) < 4.78 is 14.8. The van der Waals surface area contributed by atoms with E-state index in [1.165, 1.54) is 0 Å². The van der Waals surface area contributed by atoms with Gasteiger partial charge in [-0.15, -0.1) is 0 Å². The molecule has 1 fully saturated rings. The molecule has 1 aliphatic rings. The Kier molecular flexibility index (Phi) is 3.61. The van der Waals surface area contributed by atoms with Gasteiger partial charge in [-0.05, 0) is 6.92 Å². The molecular formula is C5H9FO. The maximum absolute atomic E-state index is 10.1. The number of hydrogen-bond acceptors (Lipinski definition) is 1. The van der Waals surface area contributed by atoms with Crippen LogP contribution in [0.2, 0.25) is 0 Å². The number of epoxide rings is 1. The molecule has 0 bridgehead atoms. The van der Waals surface area contributed by atoms with Crippen LogP contribution >= 0.6 is 0 Å². The zero-order valence-corrected chi connectivity index (χ0v) is 4.36. The van der Waals surface area contributed by atoms with E-state index in [1.807, 2.05) is 0 Å². The lowest BCUT2D eigenvalue weighted by molar-refractivity contribution is 0.423. The predicted molar refractivity (Wildman–Crippen MR) is 26.7 cm³/mol. The second-order valence-corrected chi connectivity index (χ2v) is 1.30. The predicted octanol–water partition coefficient (Wildman–Crippen LogP) is 1.50. The van der Waals surface area contributed by atoms with Gasteiger partial charge in [0, 0.05) is 0 Å². The molecule has 0 N–H and O–H groups in total. The van der Waals surface area contributed by atoms with Crippen LogP contribution in [0.5, 0.6) is 0 Å². The molecule has 1 aliphatic heterocycles. The van der Waals surface area contributed by atoms with E-state index in [4.69, 9.17) is 4.74 Å². The summed E-state index contributed by atoms with van der Waals surface area (Å²) in [5.41, 5.74) is 0. The maximum Gasteiger partial charge on any atom is 0.0795 e. The Hall–Kier alpha value is -0.370. The lowest BCUT2D eigenvalue weighted by atomic mass is 10.6. The monoisotopic (exact) mass is 104 g/mol. The van der Waals surface area contributed by atoms with E-state index in [9.17, 15) is 4.39 Å². The molecule has 7 heavy (non-hydrogen) atoms. The van der Waals surface area contributed by atoms with Gasteiger partial charge in [0.15, 0.2) is 0 Å². The van der Waals surface area contributed by atoms with Crippen LogP contribution in [0.4, 0.5) is 4.39 Å². The Morgan fingerprint density at radius 2 is 2.14 bits per heavy atom. The first-order chi connectivity index (χ1) is 3.31. The zero-order valence-electron chi connectivity index (χ0n) is 4.36. The van der Waals surface area contributed by atoms with E-state index in [-0.39, 0.29) is 6.33 Å². The average Bonchev–Trinajstić information content (AvgIpc) is 2.25. The lowest BCUT2D eigenvalue weighted by Gasteiger charge is -1.50. The molecule has 0 aliphatic carbocycles. The van der Waals surface area contributed by atoms with E-state index in [1.54, 1.807) is 0 Å². The molecule has 1 atom stereocenters. The quantitative estimate of drug-likeness (QED) is 0.424. The Morgan fingerprint density at radius 1 is 2.00 bits per heavy atom. The molecule has 0 spiro atoms. The van der Waals surface area contributed by atoms with Gasteiger partial charge < -0.3 is 4.74 Å². The summed E-state index contributed by atoms with van der Waals surface area (Å²) in [5.74, 6) is 0. The van der Waals surface area contributed by atoms with Gasteiger partial charge in [0.2, 0.25) is 0 Å². The zero-order chi connectivity index (χ0) is 5.70. The lowest BCUT2D eigenvalue weighted by Crippen LogP contribution is -1.60. The van der Waals surface area contributed by atoms with Crippen molar-refractivity contribution in [2.75, 3.05) is 6.61 Å². The summed E-state index contributed by atoms with van der Waals surface area (Å²) in [6.07, 6.45) is 0.833. The van der Waals surface area contributed by atoms with Crippen molar-refractivity contribution in [2.24, 2.45) is 0 Å². The molecule has 0 saturated carbocycles. The Labute approximate surface area is 42.8 Å². The number of ether oxygens (including phenoxy) is 1. The Bertz CT molecular complexity index is 50.0. The van der Waals surface area contributed by atoms with Crippen LogP contribution in [0.1, 0.15) is 6.92 Å². The van der Waals surface area contributed by atoms with Crippen molar-refractivity contribution >= 4 is 0 Å². The minimum absolute atomic E-state index is 0.250. The van der Waals surface area contributed by atoms with Crippen molar-refractivity contribution < 1.29 is 9.13 Å². The summed E-state index contributed by atoms with van der Waals surface area (Å²) >= 11 is 0. The van der Waals surface area contributed by atoms with Crippen LogP contribution in [-0.2, 0) is 4.74 Å². The third-order valence-electron chi connectivity index (χ3n) is 0.500. The molecule has 1 saturated heterocycles. The van der Waals surface area contributed by atoms with Gasteiger partial charge in [0.05, 0.1) is 19.0 Å². The van der Waals surface area contributed by atoms with Gasteiger partial charge in [-0.1, -0.05) is 6.58 Å². The number of hydrogen-bond donors (Lipinski definition) is 0. The highest BCUT2D eigenvalue weighted by atomic mass is 19.1. The van der Waals surface area contributed by atoms with Crippen molar-refractivity contribution in [2.45, 2.75) is 13.0 Å². The van der Waals surface area contributed by atoms with Gasteiger partial charge in [0.25, 0.3) is 0 Å². The van der Waals surface area contributed by atoms with Crippen LogP contribution in [0.25, 0.3) is 0 Å². The standard InChI is InChI=1S/C3H6O.C2H3F/c1-3-2-4-3;1-2-3/h3H,2H2,1H3;2H,1H2. The van der Waals surface area contributed by atoms with E-state index in [0.29, 0.717) is 6.10 Å². The first kappa shape index (κ1) is 6.63. The maximum atomic E-state index is 10.1. The largest absolute Gasteiger partial charge is 0.373 e. The van der Waals surface area contributed by atoms with Crippen molar-refractivity contribution in [3.8, 4) is 0 Å². The fourth-order valence-corrected chi connectivity index (χ4v) is 0.0962. The molecule has 1 nitrogen and oxygen atoms in total. The van der Waals surface area contributed by atoms with Gasteiger partial charge in [0.1, 0.15) is 0 Å². The number of rotatable bonds is 0. The van der Waals surface area contributed by atoms with Crippen LogP contribution in [0.15, 0.2) is 12.9 Å². The third kappa shape index (κ3) is 10.7. The fourth-order valence-electron chi connectivity index (χ4n) is 0.0962. The van der Waals surface area contributed by atoms with Gasteiger partial charge in [-0.25, -0.2) is 4.39 Å². The Morgan fingerprint density at radius 3 is 2.14 bits per heavy atom. The average molecular weight is 104 g/mol. The molecule has 2 heteroatoms. The highest BCUT2D eigenvalue weighted by molar-refractivity contribution is 4.58. The number of halogens is 1. The second-order valence-electron chi connectivity index (χ2n) is 1.30. The SMILES string of the molecule is C=CF.CC1CO1. The summed E-state index contributed by atoms with van der Waals surface area (Å²) in [6.45, 7) is 5.74. The molecule has 0 aromatic carbocycles. The van der Waals surface area contributed by atoms with E-state index in [2.05, 4.69) is 13.5 Å². The van der Waals surface area contributed by atoms with Crippen molar-refractivity contribution in [3.63, 3.8) is 0 Å². The fraction of sp³-hybridized carbons (Fsp3) is 0.600. The molecule has 0 aromatic heterocycles. The molecule has 0 radical (unpaired) electrons. The summed E-state index contributed by atoms with van der Waals surface area (Å²) in [7, 11) is 0. The van der Waals surface area contributed by atoms with Crippen molar-refractivity contribution in [1.82, 2.24) is 0 Å². The normalized spacial score (nSPS) is 24.6. The van der Waals surface area contributed by atoms with Crippen molar-refractivity contribution in [3.05, 3.63) is 12.9 Å². The van der Waals surface area contributed by atoms with E-state index < -0.39 is 0 Å². The molecule has 0 amide bonds. The molecule has 0 aromatic rings. The third-order valence-corrected chi connectivity index (χ3v) is 0.500. The molecule has 1 unspecified atom stereocenters. The first-order valence-corrected chi connectivity index (χ1v) is 2.14. The van der Waals surface area contributed by atoms with Crippen LogP contribution in [0, 0.1) is 0 Å². The summed E-state index contributed by atoms with van der Waals surface area (Å²) in [6, 6.07) is 0. The van der Waals surface area contributed by atoms with Crippen LogP contribution in [0.3, 0.4) is 0 Å². The van der Waals surface area contributed by atoms with E-state index >= 15 is 0 Å². The summed E-state index contributed by atoms with van der Waals surface area (Å²) in [4.78, 5) is 0. The molecule has 42 valence electrons. The highest BCUT2D eigenvalue weighted by Crippen LogP contribution is 2.04. The minimum atomic E-state index is 0.250. The first-order valence-electron chi connectivity index (χ1n) is 2.14. The van der Waals surface area contributed by atoms with Crippen LogP contribution in [-0.4, -0.2) is 12.7 Å². The second kappa shape index (κ2) is 3.81.